The third-order valence-corrected chi connectivity index (χ3v) is 0.948. The molecule has 0 aromatic rings. The van der Waals surface area contributed by atoms with Crippen molar-refractivity contribution < 1.29 is 5.11 Å². The number of nitrogens with one attached hydrogen (secondary N) is 1. The first-order valence-corrected chi connectivity index (χ1v) is 2.43. The van der Waals surface area contributed by atoms with E-state index in [2.05, 4.69) is 11.9 Å². The van der Waals surface area contributed by atoms with Gasteiger partial charge in [0.1, 0.15) is 0 Å². The van der Waals surface area contributed by atoms with Crippen LogP contribution in [-0.4, -0.2) is 11.1 Å². The molecule has 40 valence electrons. The maximum Gasteiger partial charge on any atom is 0.176 e. The summed E-state index contributed by atoms with van der Waals surface area (Å²) in [6, 6.07) is 0.525. The molecular weight excluding hydrogens is 90.1 g/mol. The van der Waals surface area contributed by atoms with E-state index in [4.69, 9.17) is 5.11 Å². The van der Waals surface area contributed by atoms with Gasteiger partial charge in [0.2, 0.25) is 0 Å². The molecule has 1 aliphatic carbocycles. The van der Waals surface area contributed by atoms with Gasteiger partial charge >= 0.3 is 0 Å². The molecule has 0 unspecified atom stereocenters. The quantitative estimate of drug-likeness (QED) is 0.501. The minimum absolute atomic E-state index is 0.0995. The zero-order valence-electron chi connectivity index (χ0n) is 4.15. The van der Waals surface area contributed by atoms with Crippen molar-refractivity contribution in [2.24, 2.45) is 0 Å². The minimum atomic E-state index is 0.0995. The Morgan fingerprint density at radius 1 is 1.71 bits per heavy atom. The van der Waals surface area contributed by atoms with Gasteiger partial charge < -0.3 is 10.4 Å². The van der Waals surface area contributed by atoms with Crippen LogP contribution in [0.2, 0.25) is 0 Å². The van der Waals surface area contributed by atoms with E-state index in [1.807, 2.05) is 0 Å². The Balaban J connectivity index is 2.08. The molecule has 0 atom stereocenters. The van der Waals surface area contributed by atoms with Gasteiger partial charge in [-0.3, -0.25) is 0 Å². The lowest BCUT2D eigenvalue weighted by molar-refractivity contribution is 0.365. The summed E-state index contributed by atoms with van der Waals surface area (Å²) in [6.45, 7) is 3.28. The summed E-state index contributed by atoms with van der Waals surface area (Å²) in [5.74, 6) is 0.0995. The van der Waals surface area contributed by atoms with Crippen LogP contribution < -0.4 is 5.32 Å². The Hall–Kier alpha value is -0.660. The highest BCUT2D eigenvalue weighted by Crippen LogP contribution is 2.18. The molecule has 0 aliphatic heterocycles. The second-order valence-corrected chi connectivity index (χ2v) is 1.87. The van der Waals surface area contributed by atoms with Crippen LogP contribution in [0, 0.1) is 0 Å². The number of hydrogen-bond acceptors (Lipinski definition) is 2. The standard InChI is InChI=1S/C5H9NO/c1-4(7)6-5-2-3-5/h5-7H,1-3H2. The molecule has 0 heterocycles. The van der Waals surface area contributed by atoms with Crippen molar-refractivity contribution in [2.45, 2.75) is 18.9 Å². The fourth-order valence-corrected chi connectivity index (χ4v) is 0.463. The van der Waals surface area contributed by atoms with E-state index in [0.29, 0.717) is 6.04 Å². The molecule has 1 saturated carbocycles. The van der Waals surface area contributed by atoms with E-state index < -0.39 is 0 Å². The maximum absolute atomic E-state index is 8.46. The topological polar surface area (TPSA) is 32.3 Å². The van der Waals surface area contributed by atoms with Crippen molar-refractivity contribution in [3.8, 4) is 0 Å². The van der Waals surface area contributed by atoms with Gasteiger partial charge in [0.25, 0.3) is 0 Å². The highest BCUT2D eigenvalue weighted by Gasteiger charge is 2.20. The molecule has 0 aromatic carbocycles. The Bertz CT molecular complexity index is 86.1. The second kappa shape index (κ2) is 1.45. The molecule has 0 radical (unpaired) electrons. The molecule has 7 heavy (non-hydrogen) atoms. The summed E-state index contributed by atoms with van der Waals surface area (Å²) >= 11 is 0. The Morgan fingerprint density at radius 3 is 2.43 bits per heavy atom. The van der Waals surface area contributed by atoms with Crippen molar-refractivity contribution in [1.82, 2.24) is 5.32 Å². The largest absolute Gasteiger partial charge is 0.495 e. The van der Waals surface area contributed by atoms with E-state index in [1.54, 1.807) is 0 Å². The first kappa shape index (κ1) is 4.50. The van der Waals surface area contributed by atoms with Crippen LogP contribution in [-0.2, 0) is 0 Å². The van der Waals surface area contributed by atoms with E-state index >= 15 is 0 Å². The van der Waals surface area contributed by atoms with Crippen LogP contribution >= 0.6 is 0 Å². The number of rotatable bonds is 2. The molecule has 1 fully saturated rings. The SMILES string of the molecule is C=C(O)NC1CC1. The third kappa shape index (κ3) is 1.48. The highest BCUT2D eigenvalue weighted by molar-refractivity contribution is 4.89. The summed E-state index contributed by atoms with van der Waals surface area (Å²) in [5.41, 5.74) is 0. The number of aliphatic hydroxyl groups excluding tert-OH is 1. The normalized spacial score (nSPS) is 18.9. The maximum atomic E-state index is 8.46. The van der Waals surface area contributed by atoms with E-state index in [1.165, 1.54) is 12.8 Å². The predicted molar refractivity (Wildman–Crippen MR) is 27.9 cm³/mol. The van der Waals surface area contributed by atoms with Gasteiger partial charge in [-0.05, 0) is 19.4 Å². The fourth-order valence-electron chi connectivity index (χ4n) is 0.463. The van der Waals surface area contributed by atoms with E-state index in [9.17, 15) is 0 Å². The molecule has 2 N–H and O–H groups in total. The van der Waals surface area contributed by atoms with Crippen molar-refractivity contribution in [2.75, 3.05) is 0 Å². The van der Waals surface area contributed by atoms with Gasteiger partial charge in [-0.25, -0.2) is 0 Å². The van der Waals surface area contributed by atoms with Crippen molar-refractivity contribution in [3.05, 3.63) is 12.5 Å². The van der Waals surface area contributed by atoms with Gasteiger partial charge in [0.05, 0.1) is 0 Å². The van der Waals surface area contributed by atoms with Crippen LogP contribution in [0.1, 0.15) is 12.8 Å². The molecule has 2 heteroatoms. The average molecular weight is 99.1 g/mol. The van der Waals surface area contributed by atoms with Gasteiger partial charge in [0.15, 0.2) is 5.88 Å². The predicted octanol–water partition coefficient (Wildman–Crippen LogP) is 0.768. The fraction of sp³-hybridized carbons (Fsp3) is 0.600. The number of hydrogen-bond donors (Lipinski definition) is 2. The van der Waals surface area contributed by atoms with E-state index in [-0.39, 0.29) is 5.88 Å². The first-order chi connectivity index (χ1) is 3.29. The molecule has 0 spiro atoms. The van der Waals surface area contributed by atoms with Crippen LogP contribution in [0.15, 0.2) is 12.5 Å². The molecule has 0 bridgehead atoms. The lowest BCUT2D eigenvalue weighted by atomic mass is 10.7. The molecular formula is C5H9NO. The Labute approximate surface area is 42.8 Å². The van der Waals surface area contributed by atoms with Gasteiger partial charge in [0, 0.05) is 6.04 Å². The third-order valence-electron chi connectivity index (χ3n) is 0.948. The van der Waals surface area contributed by atoms with Gasteiger partial charge in [-0.1, -0.05) is 0 Å². The van der Waals surface area contributed by atoms with Crippen molar-refractivity contribution in [3.63, 3.8) is 0 Å². The molecule has 0 aromatic heterocycles. The molecule has 1 aliphatic rings. The van der Waals surface area contributed by atoms with Crippen LogP contribution in [0.25, 0.3) is 0 Å². The second-order valence-electron chi connectivity index (χ2n) is 1.87. The Kier molecular flexibility index (Phi) is 0.929. The zero-order valence-corrected chi connectivity index (χ0v) is 4.15. The van der Waals surface area contributed by atoms with Crippen LogP contribution in [0.4, 0.5) is 0 Å². The van der Waals surface area contributed by atoms with Crippen molar-refractivity contribution >= 4 is 0 Å². The highest BCUT2D eigenvalue weighted by atomic mass is 16.3. The Morgan fingerprint density at radius 2 is 2.29 bits per heavy atom. The number of aliphatic hydroxyl groups is 1. The summed E-state index contributed by atoms with van der Waals surface area (Å²) in [6.07, 6.45) is 2.36. The average Bonchev–Trinajstić information content (AvgIpc) is 2.17. The molecule has 1 rings (SSSR count). The lowest BCUT2D eigenvalue weighted by Gasteiger charge is -1.96. The summed E-state index contributed by atoms with van der Waals surface area (Å²) in [4.78, 5) is 0. The zero-order chi connectivity index (χ0) is 5.28. The minimum Gasteiger partial charge on any atom is -0.495 e. The van der Waals surface area contributed by atoms with E-state index in [0.717, 1.165) is 0 Å². The lowest BCUT2D eigenvalue weighted by Crippen LogP contribution is -2.13. The van der Waals surface area contributed by atoms with Crippen LogP contribution in [0.5, 0.6) is 0 Å². The van der Waals surface area contributed by atoms with Gasteiger partial charge in [-0.15, -0.1) is 0 Å². The smallest absolute Gasteiger partial charge is 0.176 e. The molecule has 2 nitrogen and oxygen atoms in total. The molecule has 0 saturated heterocycles. The van der Waals surface area contributed by atoms with Gasteiger partial charge in [-0.2, -0.15) is 0 Å². The molecule has 0 amide bonds. The monoisotopic (exact) mass is 99.1 g/mol. The van der Waals surface area contributed by atoms with Crippen molar-refractivity contribution in [1.29, 1.82) is 0 Å². The summed E-state index contributed by atoms with van der Waals surface area (Å²) in [5, 5.41) is 11.2. The first-order valence-electron chi connectivity index (χ1n) is 2.43. The summed E-state index contributed by atoms with van der Waals surface area (Å²) in [7, 11) is 0. The summed E-state index contributed by atoms with van der Waals surface area (Å²) < 4.78 is 0. The van der Waals surface area contributed by atoms with Crippen LogP contribution in [0.3, 0.4) is 0 Å².